The van der Waals surface area contributed by atoms with Crippen LogP contribution in [0.3, 0.4) is 0 Å². The van der Waals surface area contributed by atoms with Crippen LogP contribution in [-0.2, 0) is 19.7 Å². The average Bonchev–Trinajstić information content (AvgIpc) is 3.01. The van der Waals surface area contributed by atoms with E-state index in [9.17, 15) is 13.2 Å². The monoisotopic (exact) mass is 410 g/mol. The second-order valence-corrected chi connectivity index (χ2v) is 9.57. The number of amides is 1. The van der Waals surface area contributed by atoms with Crippen molar-refractivity contribution in [2.45, 2.75) is 57.3 Å². The highest BCUT2D eigenvalue weighted by Crippen LogP contribution is 2.29. The van der Waals surface area contributed by atoms with Gasteiger partial charge in [0.05, 0.1) is 17.7 Å². The summed E-state index contributed by atoms with van der Waals surface area (Å²) in [5, 5.41) is 0. The van der Waals surface area contributed by atoms with Gasteiger partial charge in [-0.15, -0.1) is 12.4 Å². The quantitative estimate of drug-likeness (QED) is 0.715. The summed E-state index contributed by atoms with van der Waals surface area (Å²) in [6.45, 7) is 5.98. The van der Waals surface area contributed by atoms with E-state index in [-0.39, 0.29) is 30.5 Å². The molecule has 2 heterocycles. The van der Waals surface area contributed by atoms with E-state index < -0.39 is 15.7 Å². The average molecular weight is 411 g/mol. The molecule has 2 N–H and O–H groups in total. The summed E-state index contributed by atoms with van der Waals surface area (Å²) in [4.78, 5) is 14.4. The zero-order chi connectivity index (χ0) is 18.2. The summed E-state index contributed by atoms with van der Waals surface area (Å²) >= 11 is 0. The minimum absolute atomic E-state index is 0. The fraction of sp³-hybridized carbons (Fsp3) is 0.938. The van der Waals surface area contributed by atoms with Gasteiger partial charge in [-0.3, -0.25) is 4.79 Å². The van der Waals surface area contributed by atoms with Gasteiger partial charge in [0.1, 0.15) is 0 Å². The zero-order valence-electron chi connectivity index (χ0n) is 15.6. The van der Waals surface area contributed by atoms with Crippen molar-refractivity contribution in [2.24, 2.45) is 5.73 Å². The molecule has 2 atom stereocenters. The third-order valence-corrected chi connectivity index (χ3v) is 7.45. The van der Waals surface area contributed by atoms with E-state index in [1.807, 2.05) is 13.8 Å². The number of nitrogens with zero attached hydrogens (tertiary/aromatic N) is 3. The van der Waals surface area contributed by atoms with Crippen LogP contribution in [0.15, 0.2) is 0 Å². The summed E-state index contributed by atoms with van der Waals surface area (Å²) in [5.74, 6) is -0.0179. The van der Waals surface area contributed by atoms with Crippen LogP contribution in [0.2, 0.25) is 0 Å². The largest absolute Gasteiger partial charge is 0.373 e. The van der Waals surface area contributed by atoms with E-state index in [1.54, 1.807) is 4.90 Å². The molecule has 0 spiro atoms. The molecule has 26 heavy (non-hydrogen) atoms. The summed E-state index contributed by atoms with van der Waals surface area (Å²) in [6.07, 6.45) is 3.22. The first-order valence-corrected chi connectivity index (χ1v) is 10.6. The molecule has 2 aliphatic heterocycles. The van der Waals surface area contributed by atoms with Crippen molar-refractivity contribution in [2.75, 3.05) is 39.3 Å². The van der Waals surface area contributed by atoms with Crippen molar-refractivity contribution in [3.05, 3.63) is 0 Å². The van der Waals surface area contributed by atoms with E-state index in [4.69, 9.17) is 10.5 Å². The predicted octanol–water partition coefficient (Wildman–Crippen LogP) is 0.178. The van der Waals surface area contributed by atoms with Crippen LogP contribution < -0.4 is 5.73 Å². The smallest absolute Gasteiger partial charge is 0.282 e. The lowest BCUT2D eigenvalue weighted by Gasteiger charge is -2.41. The number of rotatable bonds is 3. The first-order valence-electron chi connectivity index (χ1n) is 9.21. The number of ether oxygens (including phenoxy) is 1. The highest BCUT2D eigenvalue weighted by molar-refractivity contribution is 7.86. The van der Waals surface area contributed by atoms with Gasteiger partial charge in [0.2, 0.25) is 5.91 Å². The van der Waals surface area contributed by atoms with Crippen molar-refractivity contribution in [3.8, 4) is 0 Å². The van der Waals surface area contributed by atoms with Gasteiger partial charge in [-0.05, 0) is 26.7 Å². The highest BCUT2D eigenvalue weighted by atomic mass is 35.5. The van der Waals surface area contributed by atoms with Crippen molar-refractivity contribution >= 4 is 28.5 Å². The lowest BCUT2D eigenvalue weighted by molar-refractivity contribution is -0.138. The summed E-state index contributed by atoms with van der Waals surface area (Å²) in [7, 11) is -3.52. The van der Waals surface area contributed by atoms with Gasteiger partial charge in [0.15, 0.2) is 0 Å². The molecule has 0 aromatic heterocycles. The maximum Gasteiger partial charge on any atom is 0.282 e. The molecule has 2 saturated heterocycles. The Bertz CT molecular complexity index is 593. The highest BCUT2D eigenvalue weighted by Gasteiger charge is 2.42. The predicted molar refractivity (Wildman–Crippen MR) is 101 cm³/mol. The van der Waals surface area contributed by atoms with Crippen LogP contribution in [0.5, 0.6) is 0 Å². The minimum Gasteiger partial charge on any atom is -0.373 e. The Labute approximate surface area is 162 Å². The number of morpholine rings is 1. The Morgan fingerprint density at radius 3 is 2.00 bits per heavy atom. The van der Waals surface area contributed by atoms with Crippen molar-refractivity contribution in [1.82, 2.24) is 13.5 Å². The van der Waals surface area contributed by atoms with E-state index in [2.05, 4.69) is 0 Å². The van der Waals surface area contributed by atoms with Crippen molar-refractivity contribution in [1.29, 1.82) is 0 Å². The first-order chi connectivity index (χ1) is 11.7. The number of carbonyl (C=O) groups excluding carboxylic acids is 1. The number of nitrogens with two attached hydrogens (primary N) is 1. The van der Waals surface area contributed by atoms with Gasteiger partial charge in [-0.1, -0.05) is 12.8 Å². The topological polar surface area (TPSA) is 96.2 Å². The molecule has 0 bridgehead atoms. The molecule has 152 valence electrons. The van der Waals surface area contributed by atoms with Gasteiger partial charge >= 0.3 is 0 Å². The number of hydrogen-bond donors (Lipinski definition) is 1. The van der Waals surface area contributed by atoms with Crippen LogP contribution in [-0.4, -0.2) is 84.9 Å². The van der Waals surface area contributed by atoms with E-state index >= 15 is 0 Å². The van der Waals surface area contributed by atoms with Crippen LogP contribution in [0.25, 0.3) is 0 Å². The maximum atomic E-state index is 12.9. The Kier molecular flexibility index (Phi) is 6.96. The van der Waals surface area contributed by atoms with Crippen LogP contribution in [0, 0.1) is 0 Å². The molecule has 10 heteroatoms. The Morgan fingerprint density at radius 2 is 1.50 bits per heavy atom. The zero-order valence-corrected chi connectivity index (χ0v) is 17.2. The fourth-order valence-corrected chi connectivity index (χ4v) is 5.89. The molecule has 1 aliphatic carbocycles. The Balaban J connectivity index is 0.00000243. The number of carbonyl (C=O) groups is 1. The van der Waals surface area contributed by atoms with E-state index in [0.29, 0.717) is 39.3 Å². The second-order valence-electron chi connectivity index (χ2n) is 7.64. The molecule has 0 aromatic carbocycles. The van der Waals surface area contributed by atoms with Gasteiger partial charge in [0.25, 0.3) is 10.2 Å². The van der Waals surface area contributed by atoms with Gasteiger partial charge < -0.3 is 15.4 Å². The number of hydrogen-bond acceptors (Lipinski definition) is 5. The van der Waals surface area contributed by atoms with Crippen LogP contribution in [0.1, 0.15) is 39.5 Å². The van der Waals surface area contributed by atoms with Gasteiger partial charge in [0, 0.05) is 39.3 Å². The third-order valence-electron chi connectivity index (χ3n) is 5.49. The molecular formula is C16H31ClN4O4S. The maximum absolute atomic E-state index is 12.9. The minimum atomic E-state index is -3.52. The normalized spacial score (nSPS) is 30.8. The SMILES string of the molecule is CC1CN(S(=O)(=O)N2CCN(C(=O)C3(N)CCCC3)CC2)CC(C)O1.Cl. The lowest BCUT2D eigenvalue weighted by Crippen LogP contribution is -2.61. The molecule has 2 unspecified atom stereocenters. The summed E-state index contributed by atoms with van der Waals surface area (Å²) in [6, 6.07) is 0. The van der Waals surface area contributed by atoms with Crippen molar-refractivity contribution in [3.63, 3.8) is 0 Å². The van der Waals surface area contributed by atoms with E-state index in [1.165, 1.54) is 8.61 Å². The molecule has 0 radical (unpaired) electrons. The third kappa shape index (κ3) is 4.34. The van der Waals surface area contributed by atoms with Crippen LogP contribution in [0.4, 0.5) is 0 Å². The number of piperazine rings is 1. The van der Waals surface area contributed by atoms with Gasteiger partial charge in [-0.25, -0.2) is 0 Å². The molecule has 8 nitrogen and oxygen atoms in total. The van der Waals surface area contributed by atoms with Gasteiger partial charge in [-0.2, -0.15) is 17.0 Å². The fourth-order valence-electron chi connectivity index (χ4n) is 4.14. The molecule has 1 saturated carbocycles. The summed E-state index contributed by atoms with van der Waals surface area (Å²) in [5.41, 5.74) is 5.52. The summed E-state index contributed by atoms with van der Waals surface area (Å²) < 4.78 is 34.4. The lowest BCUT2D eigenvalue weighted by atomic mass is 9.97. The number of halogens is 1. The standard InChI is InChI=1S/C16H30N4O4S.ClH/c1-13-11-20(12-14(2)24-13)25(22,23)19-9-7-18(8-10-19)15(21)16(17)5-3-4-6-16;/h13-14H,3-12,17H2,1-2H3;1H. The molecule has 0 aromatic rings. The first kappa shape index (κ1) is 21.8. The molecule has 3 rings (SSSR count). The second kappa shape index (κ2) is 8.28. The Morgan fingerprint density at radius 1 is 1.00 bits per heavy atom. The van der Waals surface area contributed by atoms with Crippen LogP contribution >= 0.6 is 12.4 Å². The Hall–Kier alpha value is -0.450. The molecule has 3 fully saturated rings. The molecule has 1 amide bonds. The molecule has 3 aliphatic rings. The van der Waals surface area contributed by atoms with Crippen molar-refractivity contribution < 1.29 is 17.9 Å². The molecular weight excluding hydrogens is 380 g/mol. The van der Waals surface area contributed by atoms with E-state index in [0.717, 1.165) is 25.7 Å².